The van der Waals surface area contributed by atoms with Gasteiger partial charge in [-0.2, -0.15) is 0 Å². The molecular formula is C46H81NO2. The van der Waals surface area contributed by atoms with Crippen LogP contribution in [-0.2, 0) is 9.53 Å². The topological polar surface area (TPSA) is 29.5 Å². The second-order valence-electron chi connectivity index (χ2n) is 14.9. The Bertz CT molecular complexity index is 882. The van der Waals surface area contributed by atoms with Gasteiger partial charge in [0.2, 0.25) is 0 Å². The molecule has 1 aliphatic carbocycles. The van der Waals surface area contributed by atoms with Gasteiger partial charge in [-0.3, -0.25) is 4.79 Å². The fourth-order valence-corrected chi connectivity index (χ4v) is 6.90. The number of unbranched alkanes of at least 4 members (excludes halogenated alkanes) is 15. The normalized spacial score (nSPS) is 18.0. The van der Waals surface area contributed by atoms with Crippen molar-refractivity contribution in [2.24, 2.45) is 5.92 Å². The van der Waals surface area contributed by atoms with Crippen LogP contribution >= 0.6 is 0 Å². The Hall–Kier alpha value is -1.87. The summed E-state index contributed by atoms with van der Waals surface area (Å²) < 4.78 is 6.28. The number of ether oxygens (including phenoxy) is 1. The number of hydrogen-bond donors (Lipinski definition) is 0. The van der Waals surface area contributed by atoms with Crippen molar-refractivity contribution in [1.29, 1.82) is 0 Å². The molecule has 282 valence electrons. The summed E-state index contributed by atoms with van der Waals surface area (Å²) in [5, 5.41) is 0. The SMILES string of the molecule is CCC=CCC=CCC=CCCCCCCCCC(CCCCCCCCC=CCC=CCCCCC)OC(=O)C1CCCC(N(C)C)C1. The van der Waals surface area contributed by atoms with Gasteiger partial charge in [-0.15, -0.1) is 0 Å². The lowest BCUT2D eigenvalue weighted by Gasteiger charge is -2.33. The largest absolute Gasteiger partial charge is 0.462 e. The lowest BCUT2D eigenvalue weighted by Crippen LogP contribution is -2.37. The zero-order chi connectivity index (χ0) is 35.5. The van der Waals surface area contributed by atoms with Crippen molar-refractivity contribution in [2.45, 2.75) is 206 Å². The molecule has 0 saturated heterocycles. The average molecular weight is 680 g/mol. The molecule has 3 nitrogen and oxygen atoms in total. The first-order chi connectivity index (χ1) is 24.1. The molecule has 0 heterocycles. The van der Waals surface area contributed by atoms with Crippen molar-refractivity contribution in [1.82, 2.24) is 4.90 Å². The Morgan fingerprint density at radius 3 is 1.53 bits per heavy atom. The molecule has 0 aromatic carbocycles. The van der Waals surface area contributed by atoms with Crippen molar-refractivity contribution in [3.05, 3.63) is 60.8 Å². The minimum atomic E-state index is 0.0903. The van der Waals surface area contributed by atoms with Gasteiger partial charge in [0, 0.05) is 6.04 Å². The number of nitrogens with zero attached hydrogens (tertiary/aromatic N) is 1. The lowest BCUT2D eigenvalue weighted by atomic mass is 9.85. The van der Waals surface area contributed by atoms with Crippen LogP contribution in [0.3, 0.4) is 0 Å². The number of allylic oxidation sites excluding steroid dienone is 10. The Labute approximate surface area is 306 Å². The van der Waals surface area contributed by atoms with E-state index in [1.165, 1.54) is 122 Å². The predicted molar refractivity (Wildman–Crippen MR) is 217 cm³/mol. The molecule has 1 saturated carbocycles. The zero-order valence-electron chi connectivity index (χ0n) is 33.1. The van der Waals surface area contributed by atoms with E-state index in [-0.39, 0.29) is 18.0 Å². The maximum atomic E-state index is 13.3. The van der Waals surface area contributed by atoms with Crippen LogP contribution in [0.5, 0.6) is 0 Å². The highest BCUT2D eigenvalue weighted by molar-refractivity contribution is 5.72. The average Bonchev–Trinajstić information content (AvgIpc) is 3.11. The number of rotatable bonds is 32. The van der Waals surface area contributed by atoms with Crippen LogP contribution in [0.25, 0.3) is 0 Å². The molecular weight excluding hydrogens is 599 g/mol. The van der Waals surface area contributed by atoms with E-state index in [0.717, 1.165) is 57.8 Å². The maximum Gasteiger partial charge on any atom is 0.309 e. The molecule has 3 unspecified atom stereocenters. The Kier molecular flexibility index (Phi) is 31.9. The number of carbonyl (C=O) groups is 1. The summed E-state index contributed by atoms with van der Waals surface area (Å²) >= 11 is 0. The Morgan fingerprint density at radius 2 is 1.04 bits per heavy atom. The smallest absolute Gasteiger partial charge is 0.309 e. The third-order valence-electron chi connectivity index (χ3n) is 10.1. The van der Waals surface area contributed by atoms with Crippen molar-refractivity contribution in [3.63, 3.8) is 0 Å². The lowest BCUT2D eigenvalue weighted by molar-refractivity contribution is -0.156. The minimum absolute atomic E-state index is 0.0903. The van der Waals surface area contributed by atoms with Gasteiger partial charge in [0.1, 0.15) is 6.10 Å². The number of hydrogen-bond acceptors (Lipinski definition) is 3. The van der Waals surface area contributed by atoms with Gasteiger partial charge in [-0.1, -0.05) is 145 Å². The van der Waals surface area contributed by atoms with Gasteiger partial charge < -0.3 is 9.64 Å². The molecule has 1 rings (SSSR count). The molecule has 0 aromatic rings. The summed E-state index contributed by atoms with van der Waals surface area (Å²) in [7, 11) is 4.30. The van der Waals surface area contributed by atoms with E-state index < -0.39 is 0 Å². The molecule has 0 radical (unpaired) electrons. The van der Waals surface area contributed by atoms with Crippen LogP contribution in [0.4, 0.5) is 0 Å². The second kappa shape index (κ2) is 34.6. The van der Waals surface area contributed by atoms with E-state index in [1.807, 2.05) is 0 Å². The van der Waals surface area contributed by atoms with Crippen molar-refractivity contribution >= 4 is 5.97 Å². The molecule has 3 heteroatoms. The van der Waals surface area contributed by atoms with Crippen molar-refractivity contribution in [3.8, 4) is 0 Å². The van der Waals surface area contributed by atoms with E-state index in [4.69, 9.17) is 4.74 Å². The first-order valence-corrected chi connectivity index (χ1v) is 21.2. The molecule has 0 spiro atoms. The van der Waals surface area contributed by atoms with Crippen molar-refractivity contribution < 1.29 is 9.53 Å². The van der Waals surface area contributed by atoms with E-state index in [2.05, 4.69) is 93.6 Å². The first-order valence-electron chi connectivity index (χ1n) is 21.2. The standard InChI is InChI=1S/C46H81NO2/c1-5-7-9-11-13-15-17-19-21-23-25-27-29-31-33-35-40-45(49-46(48)43-38-37-39-44(42-43)47(3)4)41-36-34-32-30-28-26-24-22-20-18-16-14-12-10-8-6-2/h7,9,13-16,19-22,43-45H,5-6,8,10-12,17-18,23-42H2,1-4H3. The molecule has 0 aromatic heterocycles. The highest BCUT2D eigenvalue weighted by Crippen LogP contribution is 2.29. The highest BCUT2D eigenvalue weighted by atomic mass is 16.5. The van der Waals surface area contributed by atoms with Crippen LogP contribution in [0.1, 0.15) is 194 Å². The summed E-state index contributed by atoms with van der Waals surface area (Å²) in [5.41, 5.74) is 0. The quantitative estimate of drug-likeness (QED) is 0.0403. The van der Waals surface area contributed by atoms with Gasteiger partial charge in [0.15, 0.2) is 0 Å². The van der Waals surface area contributed by atoms with Crippen LogP contribution < -0.4 is 0 Å². The van der Waals surface area contributed by atoms with Gasteiger partial charge in [-0.25, -0.2) is 0 Å². The summed E-state index contributed by atoms with van der Waals surface area (Å²) in [6, 6.07) is 0.516. The molecule has 1 fully saturated rings. The van der Waals surface area contributed by atoms with E-state index >= 15 is 0 Å². The monoisotopic (exact) mass is 680 g/mol. The van der Waals surface area contributed by atoms with Crippen LogP contribution in [0.2, 0.25) is 0 Å². The first kappa shape index (κ1) is 45.2. The third-order valence-corrected chi connectivity index (χ3v) is 10.1. The third kappa shape index (κ3) is 28.5. The fourth-order valence-electron chi connectivity index (χ4n) is 6.90. The van der Waals surface area contributed by atoms with E-state index in [9.17, 15) is 4.79 Å². The fraction of sp³-hybridized carbons (Fsp3) is 0.761. The van der Waals surface area contributed by atoms with Gasteiger partial charge >= 0.3 is 5.97 Å². The maximum absolute atomic E-state index is 13.3. The van der Waals surface area contributed by atoms with Crippen molar-refractivity contribution in [2.75, 3.05) is 14.1 Å². The van der Waals surface area contributed by atoms with E-state index in [1.54, 1.807) is 0 Å². The van der Waals surface area contributed by atoms with Crippen LogP contribution in [-0.4, -0.2) is 37.1 Å². The minimum Gasteiger partial charge on any atom is -0.462 e. The second-order valence-corrected chi connectivity index (χ2v) is 14.9. The zero-order valence-corrected chi connectivity index (χ0v) is 33.1. The predicted octanol–water partition coefficient (Wildman–Crippen LogP) is 14.2. The Morgan fingerprint density at radius 1 is 0.592 bits per heavy atom. The summed E-state index contributed by atoms with van der Waals surface area (Å²) in [4.78, 5) is 15.6. The highest BCUT2D eigenvalue weighted by Gasteiger charge is 2.30. The summed E-state index contributed by atoms with van der Waals surface area (Å²) in [6.45, 7) is 4.44. The Balaban J connectivity index is 2.26. The number of carbonyl (C=O) groups excluding carboxylic acids is 1. The molecule has 0 bridgehead atoms. The molecule has 1 aliphatic rings. The van der Waals surface area contributed by atoms with Crippen LogP contribution in [0, 0.1) is 5.92 Å². The van der Waals surface area contributed by atoms with Gasteiger partial charge in [0.25, 0.3) is 0 Å². The summed E-state index contributed by atoms with van der Waals surface area (Å²) in [6.07, 6.45) is 56.9. The molecule has 0 N–H and O–H groups in total. The van der Waals surface area contributed by atoms with Gasteiger partial charge in [0.05, 0.1) is 5.92 Å². The van der Waals surface area contributed by atoms with E-state index in [0.29, 0.717) is 6.04 Å². The van der Waals surface area contributed by atoms with Crippen LogP contribution in [0.15, 0.2) is 60.8 Å². The number of esters is 1. The molecule has 3 atom stereocenters. The summed E-state index contributed by atoms with van der Waals surface area (Å²) in [5.74, 6) is 0.181. The molecule has 49 heavy (non-hydrogen) atoms. The molecule has 0 amide bonds. The van der Waals surface area contributed by atoms with Gasteiger partial charge in [-0.05, 0) is 123 Å². The molecule has 0 aliphatic heterocycles.